The molecule has 1 heteroatoms. The van der Waals surface area contributed by atoms with Gasteiger partial charge in [0.1, 0.15) is 0 Å². The zero-order valence-corrected chi connectivity index (χ0v) is 7.30. The van der Waals surface area contributed by atoms with Gasteiger partial charge in [-0.3, -0.25) is 0 Å². The van der Waals surface area contributed by atoms with Gasteiger partial charge in [0.05, 0.1) is 0 Å². The largest absolute Gasteiger partial charge is 0.374 e. The maximum Gasteiger partial charge on any atom is 0.0393 e. The molecule has 0 spiro atoms. The zero-order chi connectivity index (χ0) is 8.27. The van der Waals surface area contributed by atoms with Gasteiger partial charge in [0.2, 0.25) is 0 Å². The van der Waals surface area contributed by atoms with Crippen LogP contribution in [0.4, 0.5) is 0 Å². The number of rotatable bonds is 1. The van der Waals surface area contributed by atoms with Crippen LogP contribution in [0, 0.1) is 0 Å². The lowest BCUT2D eigenvalue weighted by molar-refractivity contribution is 0.482. The minimum absolute atomic E-state index is 1.14. The monoisotopic (exact) mass is 149 g/mol. The van der Waals surface area contributed by atoms with Crippen LogP contribution in [0.3, 0.4) is 0 Å². The van der Waals surface area contributed by atoms with E-state index >= 15 is 0 Å². The van der Waals surface area contributed by atoms with Crippen molar-refractivity contribution in [2.75, 3.05) is 13.6 Å². The standard InChI is InChI=1S/C10H15N/c1-4-6-10-9(5-2)7-8-11(10)3/h4-6H,1,7-8H2,2-3H3/b9-5-,10-6?. The molecule has 0 aromatic heterocycles. The summed E-state index contributed by atoms with van der Waals surface area (Å²) in [5.74, 6) is 0. The summed E-state index contributed by atoms with van der Waals surface area (Å²) in [6.45, 7) is 6.92. The van der Waals surface area contributed by atoms with Gasteiger partial charge in [-0.05, 0) is 25.0 Å². The Balaban J connectivity index is 2.88. The number of allylic oxidation sites excluding steroid dienone is 4. The van der Waals surface area contributed by atoms with Crippen LogP contribution in [0.25, 0.3) is 0 Å². The maximum atomic E-state index is 3.70. The van der Waals surface area contributed by atoms with Crippen LogP contribution in [0.1, 0.15) is 13.3 Å². The van der Waals surface area contributed by atoms with E-state index in [2.05, 4.69) is 37.6 Å². The Morgan fingerprint density at radius 3 is 2.82 bits per heavy atom. The summed E-state index contributed by atoms with van der Waals surface area (Å²) >= 11 is 0. The first kappa shape index (κ1) is 8.12. The van der Waals surface area contributed by atoms with E-state index in [0.29, 0.717) is 0 Å². The fourth-order valence-corrected chi connectivity index (χ4v) is 1.42. The second kappa shape index (κ2) is 3.42. The zero-order valence-electron chi connectivity index (χ0n) is 7.30. The van der Waals surface area contributed by atoms with Crippen molar-refractivity contribution in [1.29, 1.82) is 0 Å². The Kier molecular flexibility index (Phi) is 2.53. The van der Waals surface area contributed by atoms with Crippen molar-refractivity contribution in [2.24, 2.45) is 0 Å². The number of likely N-dealkylation sites (N-methyl/N-ethyl adjacent to an activating group) is 1. The van der Waals surface area contributed by atoms with Crippen molar-refractivity contribution in [3.63, 3.8) is 0 Å². The van der Waals surface area contributed by atoms with E-state index in [1.165, 1.54) is 17.7 Å². The van der Waals surface area contributed by atoms with Gasteiger partial charge in [-0.25, -0.2) is 0 Å². The fourth-order valence-electron chi connectivity index (χ4n) is 1.42. The third-order valence-corrected chi connectivity index (χ3v) is 2.08. The molecule has 11 heavy (non-hydrogen) atoms. The van der Waals surface area contributed by atoms with Crippen molar-refractivity contribution in [2.45, 2.75) is 13.3 Å². The van der Waals surface area contributed by atoms with E-state index in [4.69, 9.17) is 0 Å². The highest BCUT2D eigenvalue weighted by Crippen LogP contribution is 2.24. The molecule has 0 aliphatic carbocycles. The van der Waals surface area contributed by atoms with Gasteiger partial charge in [0, 0.05) is 19.3 Å². The lowest BCUT2D eigenvalue weighted by Crippen LogP contribution is -2.09. The molecule has 0 amide bonds. The van der Waals surface area contributed by atoms with E-state index in [9.17, 15) is 0 Å². The summed E-state index contributed by atoms with van der Waals surface area (Å²) in [7, 11) is 2.12. The molecular weight excluding hydrogens is 134 g/mol. The first-order valence-electron chi connectivity index (χ1n) is 3.99. The molecule has 0 unspecified atom stereocenters. The molecule has 1 heterocycles. The summed E-state index contributed by atoms with van der Waals surface area (Å²) in [6, 6.07) is 0. The van der Waals surface area contributed by atoms with Crippen molar-refractivity contribution >= 4 is 0 Å². The maximum absolute atomic E-state index is 3.70. The lowest BCUT2D eigenvalue weighted by atomic mass is 10.2. The minimum Gasteiger partial charge on any atom is -0.374 e. The first-order chi connectivity index (χ1) is 5.29. The van der Waals surface area contributed by atoms with Crippen LogP contribution in [0.15, 0.2) is 36.1 Å². The summed E-state index contributed by atoms with van der Waals surface area (Å²) in [6.07, 6.45) is 7.27. The van der Waals surface area contributed by atoms with E-state index in [1.54, 1.807) is 0 Å². The molecule has 60 valence electrons. The number of nitrogens with zero attached hydrogens (tertiary/aromatic N) is 1. The summed E-state index contributed by atoms with van der Waals surface area (Å²) in [5.41, 5.74) is 2.76. The van der Waals surface area contributed by atoms with Crippen molar-refractivity contribution < 1.29 is 0 Å². The molecule has 1 aliphatic heterocycles. The Bertz CT molecular complexity index is 211. The van der Waals surface area contributed by atoms with Gasteiger partial charge in [0.25, 0.3) is 0 Å². The van der Waals surface area contributed by atoms with Gasteiger partial charge in [0.15, 0.2) is 0 Å². The minimum atomic E-state index is 1.14. The molecule has 0 radical (unpaired) electrons. The highest BCUT2D eigenvalue weighted by atomic mass is 15.1. The van der Waals surface area contributed by atoms with Gasteiger partial charge in [-0.2, -0.15) is 0 Å². The Hall–Kier alpha value is -0.980. The molecule has 0 N–H and O–H groups in total. The molecule has 0 atom stereocenters. The number of likely N-dealkylation sites (tertiary alicyclic amines) is 1. The summed E-state index contributed by atoms with van der Waals surface area (Å²) < 4.78 is 0. The topological polar surface area (TPSA) is 3.24 Å². The van der Waals surface area contributed by atoms with Crippen LogP contribution < -0.4 is 0 Å². The number of hydrogen-bond acceptors (Lipinski definition) is 1. The predicted octanol–water partition coefficient (Wildman–Crippen LogP) is 2.34. The fraction of sp³-hybridized carbons (Fsp3) is 0.400. The molecule has 0 aromatic carbocycles. The second-order valence-electron chi connectivity index (χ2n) is 2.77. The van der Waals surface area contributed by atoms with Gasteiger partial charge in [-0.1, -0.05) is 18.7 Å². The Labute approximate surface area is 68.7 Å². The summed E-state index contributed by atoms with van der Waals surface area (Å²) in [4.78, 5) is 2.26. The molecule has 0 aromatic rings. The third-order valence-electron chi connectivity index (χ3n) is 2.08. The highest BCUT2D eigenvalue weighted by molar-refractivity contribution is 5.35. The smallest absolute Gasteiger partial charge is 0.0393 e. The lowest BCUT2D eigenvalue weighted by Gasteiger charge is -2.11. The first-order valence-corrected chi connectivity index (χ1v) is 3.99. The molecule has 1 nitrogen and oxygen atoms in total. The molecule has 1 aliphatic rings. The normalized spacial score (nSPS) is 25.1. The average Bonchev–Trinajstić information content (AvgIpc) is 2.34. The second-order valence-corrected chi connectivity index (χ2v) is 2.77. The predicted molar refractivity (Wildman–Crippen MR) is 49.3 cm³/mol. The van der Waals surface area contributed by atoms with Gasteiger partial charge >= 0.3 is 0 Å². The van der Waals surface area contributed by atoms with E-state index in [0.717, 1.165) is 6.54 Å². The van der Waals surface area contributed by atoms with Crippen molar-refractivity contribution in [1.82, 2.24) is 4.90 Å². The van der Waals surface area contributed by atoms with Crippen LogP contribution in [-0.4, -0.2) is 18.5 Å². The highest BCUT2D eigenvalue weighted by Gasteiger charge is 2.16. The van der Waals surface area contributed by atoms with E-state index < -0.39 is 0 Å². The van der Waals surface area contributed by atoms with Crippen LogP contribution in [0.2, 0.25) is 0 Å². The van der Waals surface area contributed by atoms with Crippen LogP contribution in [-0.2, 0) is 0 Å². The van der Waals surface area contributed by atoms with E-state index in [-0.39, 0.29) is 0 Å². The quantitative estimate of drug-likeness (QED) is 0.553. The number of hydrogen-bond donors (Lipinski definition) is 0. The SMILES string of the molecule is C=CC=C1/C(=C\C)CCN1C. The molecule has 1 rings (SSSR count). The Morgan fingerprint density at radius 2 is 2.27 bits per heavy atom. The average molecular weight is 149 g/mol. The Morgan fingerprint density at radius 1 is 1.55 bits per heavy atom. The van der Waals surface area contributed by atoms with Crippen molar-refractivity contribution in [3.05, 3.63) is 36.1 Å². The van der Waals surface area contributed by atoms with Gasteiger partial charge in [-0.15, -0.1) is 0 Å². The van der Waals surface area contributed by atoms with Crippen LogP contribution >= 0.6 is 0 Å². The summed E-state index contributed by atoms with van der Waals surface area (Å²) in [5, 5.41) is 0. The molecule has 1 saturated heterocycles. The van der Waals surface area contributed by atoms with E-state index in [1.807, 2.05) is 6.08 Å². The molecule has 0 saturated carbocycles. The van der Waals surface area contributed by atoms with Crippen LogP contribution in [0.5, 0.6) is 0 Å². The van der Waals surface area contributed by atoms with Crippen molar-refractivity contribution in [3.8, 4) is 0 Å². The molecular formula is C10H15N. The molecule has 1 fully saturated rings. The molecule has 0 bridgehead atoms. The van der Waals surface area contributed by atoms with Gasteiger partial charge < -0.3 is 4.90 Å². The third kappa shape index (κ3) is 1.53.